The number of hydrogen-bond donors (Lipinski definition) is 1. The van der Waals surface area contributed by atoms with E-state index in [0.29, 0.717) is 6.61 Å². The maximum Gasteiger partial charge on any atom is 0.174 e. The summed E-state index contributed by atoms with van der Waals surface area (Å²) in [5.74, 6) is 1.62. The molecule has 0 aliphatic heterocycles. The molecule has 6 heteroatoms. The summed E-state index contributed by atoms with van der Waals surface area (Å²) in [6.45, 7) is 0.448. The molecule has 0 atom stereocenters. The van der Waals surface area contributed by atoms with Gasteiger partial charge in [-0.05, 0) is 60.2 Å². The van der Waals surface area contributed by atoms with E-state index in [4.69, 9.17) is 4.74 Å². The normalized spacial score (nSPS) is 11.3. The van der Waals surface area contributed by atoms with E-state index in [1.54, 1.807) is 0 Å². The fourth-order valence-corrected chi connectivity index (χ4v) is 3.91. The number of aromatic nitrogens is 5. The predicted molar refractivity (Wildman–Crippen MR) is 139 cm³/mol. The van der Waals surface area contributed by atoms with Crippen molar-refractivity contribution in [2.24, 2.45) is 0 Å². The van der Waals surface area contributed by atoms with Gasteiger partial charge in [-0.1, -0.05) is 78.0 Å². The van der Waals surface area contributed by atoms with Crippen molar-refractivity contribution in [1.29, 1.82) is 0 Å². The van der Waals surface area contributed by atoms with Crippen molar-refractivity contribution in [2.45, 2.75) is 32.3 Å². The van der Waals surface area contributed by atoms with Gasteiger partial charge in [-0.25, -0.2) is 4.98 Å². The quantitative estimate of drug-likeness (QED) is 0.202. The Morgan fingerprint density at radius 1 is 0.743 bits per heavy atom. The van der Waals surface area contributed by atoms with Crippen LogP contribution in [0.25, 0.3) is 23.1 Å². The third-order valence-corrected chi connectivity index (χ3v) is 5.88. The number of tetrazole rings is 1. The van der Waals surface area contributed by atoms with Crippen molar-refractivity contribution in [1.82, 2.24) is 25.6 Å². The summed E-state index contributed by atoms with van der Waals surface area (Å²) in [7, 11) is 0. The van der Waals surface area contributed by atoms with Crippen molar-refractivity contribution in [2.75, 3.05) is 0 Å². The van der Waals surface area contributed by atoms with Crippen LogP contribution in [0.4, 0.5) is 0 Å². The van der Waals surface area contributed by atoms with E-state index in [2.05, 4.69) is 86.3 Å². The molecular formula is C29H27N5O. The fraction of sp³-hybridized carbons (Fsp3) is 0.172. The summed E-state index contributed by atoms with van der Waals surface area (Å²) in [6, 6.07) is 29.1. The zero-order chi connectivity index (χ0) is 23.7. The summed E-state index contributed by atoms with van der Waals surface area (Å²) in [5.41, 5.74) is 5.57. The standard InChI is InChI=1S/C29H27N5O/c1(4-8-29-31-33-34-32-29)5-22-9-11-23(12-10-22)13-14-24-15-19-27(20-16-24)35-21-26-18-17-25-6-2-3-7-28(25)30-26/h2-3,6-7,9-20H,1,4-5,8,21H2,(H,31,32,33,34)/b14-13+. The van der Waals surface area contributed by atoms with Crippen LogP contribution in [-0.2, 0) is 19.4 Å². The van der Waals surface area contributed by atoms with Crippen LogP contribution >= 0.6 is 0 Å². The Morgan fingerprint density at radius 2 is 1.49 bits per heavy atom. The van der Waals surface area contributed by atoms with E-state index >= 15 is 0 Å². The van der Waals surface area contributed by atoms with Gasteiger partial charge >= 0.3 is 0 Å². The van der Waals surface area contributed by atoms with E-state index < -0.39 is 0 Å². The summed E-state index contributed by atoms with van der Waals surface area (Å²) in [4.78, 5) is 4.66. The molecule has 0 bridgehead atoms. The molecule has 0 aliphatic rings. The Bertz CT molecular complexity index is 1380. The highest BCUT2D eigenvalue weighted by Gasteiger charge is 2.01. The number of aryl methyl sites for hydroxylation is 2. The fourth-order valence-electron chi connectivity index (χ4n) is 3.91. The minimum Gasteiger partial charge on any atom is -0.487 e. The van der Waals surface area contributed by atoms with Crippen LogP contribution in [0.3, 0.4) is 0 Å². The summed E-state index contributed by atoms with van der Waals surface area (Å²) in [6.07, 6.45) is 8.33. The number of aromatic amines is 1. The molecular weight excluding hydrogens is 434 g/mol. The first-order valence-corrected chi connectivity index (χ1v) is 11.9. The Labute approximate surface area is 204 Å². The Kier molecular flexibility index (Phi) is 7.19. The SMILES string of the molecule is C(=C\c1ccc(OCc2ccc3ccccc3n2)cc1)/c1ccc(CCCCc2nn[nH]n2)cc1. The molecule has 1 N–H and O–H groups in total. The van der Waals surface area contributed by atoms with Gasteiger partial charge in [-0.15, -0.1) is 10.2 Å². The monoisotopic (exact) mass is 461 g/mol. The number of nitrogens with one attached hydrogen (secondary N) is 1. The Hall–Kier alpha value is -4.32. The first-order valence-electron chi connectivity index (χ1n) is 11.9. The molecule has 2 aromatic heterocycles. The number of rotatable bonds is 10. The number of hydrogen-bond acceptors (Lipinski definition) is 5. The zero-order valence-electron chi connectivity index (χ0n) is 19.5. The number of para-hydroxylation sites is 1. The third kappa shape index (κ3) is 6.38. The highest BCUT2D eigenvalue weighted by atomic mass is 16.5. The second-order valence-electron chi connectivity index (χ2n) is 8.46. The summed E-state index contributed by atoms with van der Waals surface area (Å²) >= 11 is 0. The lowest BCUT2D eigenvalue weighted by Crippen LogP contribution is -1.98. The van der Waals surface area contributed by atoms with Gasteiger partial charge in [0.15, 0.2) is 5.82 Å². The summed E-state index contributed by atoms with van der Waals surface area (Å²) in [5, 5.41) is 15.2. The average molecular weight is 462 g/mol. The molecule has 5 rings (SSSR count). The zero-order valence-corrected chi connectivity index (χ0v) is 19.5. The molecule has 0 spiro atoms. The number of fused-ring (bicyclic) bond motifs is 1. The topological polar surface area (TPSA) is 76.6 Å². The number of unbranched alkanes of at least 4 members (excludes halogenated alkanes) is 1. The third-order valence-electron chi connectivity index (χ3n) is 5.88. The minimum atomic E-state index is 0.448. The van der Waals surface area contributed by atoms with Crippen molar-refractivity contribution in [3.8, 4) is 5.75 Å². The van der Waals surface area contributed by atoms with Gasteiger partial charge in [0.25, 0.3) is 0 Å². The molecule has 0 radical (unpaired) electrons. The molecule has 174 valence electrons. The van der Waals surface area contributed by atoms with Crippen molar-refractivity contribution in [3.05, 3.63) is 113 Å². The molecule has 35 heavy (non-hydrogen) atoms. The Balaban J connectivity index is 1.09. The van der Waals surface area contributed by atoms with E-state index in [9.17, 15) is 0 Å². The second-order valence-corrected chi connectivity index (χ2v) is 8.46. The van der Waals surface area contributed by atoms with Gasteiger partial charge in [-0.2, -0.15) is 5.21 Å². The van der Waals surface area contributed by atoms with Gasteiger partial charge in [0.1, 0.15) is 12.4 Å². The molecule has 0 fully saturated rings. The summed E-state index contributed by atoms with van der Waals surface area (Å²) < 4.78 is 5.93. The number of H-pyrrole nitrogens is 1. The Morgan fingerprint density at radius 3 is 2.26 bits per heavy atom. The van der Waals surface area contributed by atoms with Crippen molar-refractivity contribution >= 4 is 23.1 Å². The average Bonchev–Trinajstić information content (AvgIpc) is 3.44. The lowest BCUT2D eigenvalue weighted by Gasteiger charge is -2.07. The molecule has 0 unspecified atom stereocenters. The van der Waals surface area contributed by atoms with Gasteiger partial charge in [-0.3, -0.25) is 0 Å². The van der Waals surface area contributed by atoms with Crippen LogP contribution in [0.15, 0.2) is 84.9 Å². The van der Waals surface area contributed by atoms with Crippen LogP contribution in [0.1, 0.15) is 41.1 Å². The highest BCUT2D eigenvalue weighted by molar-refractivity contribution is 5.78. The van der Waals surface area contributed by atoms with Crippen LogP contribution in [0, 0.1) is 0 Å². The molecule has 0 saturated carbocycles. The van der Waals surface area contributed by atoms with Gasteiger partial charge in [0.2, 0.25) is 0 Å². The molecule has 2 heterocycles. The van der Waals surface area contributed by atoms with Crippen LogP contribution in [-0.4, -0.2) is 25.6 Å². The van der Waals surface area contributed by atoms with Crippen LogP contribution in [0.5, 0.6) is 5.75 Å². The van der Waals surface area contributed by atoms with E-state index in [0.717, 1.165) is 59.4 Å². The molecule has 6 nitrogen and oxygen atoms in total. The van der Waals surface area contributed by atoms with Crippen molar-refractivity contribution in [3.63, 3.8) is 0 Å². The second kappa shape index (κ2) is 11.2. The highest BCUT2D eigenvalue weighted by Crippen LogP contribution is 2.18. The molecule has 3 aromatic carbocycles. The first kappa shape index (κ1) is 22.5. The molecule has 0 aliphatic carbocycles. The van der Waals surface area contributed by atoms with Crippen LogP contribution < -0.4 is 4.74 Å². The first-order chi connectivity index (χ1) is 17.3. The van der Waals surface area contributed by atoms with E-state index in [1.807, 2.05) is 36.4 Å². The number of pyridine rings is 1. The van der Waals surface area contributed by atoms with Gasteiger partial charge in [0.05, 0.1) is 11.2 Å². The van der Waals surface area contributed by atoms with Gasteiger partial charge in [0, 0.05) is 11.8 Å². The molecule has 0 amide bonds. The van der Waals surface area contributed by atoms with E-state index in [1.165, 1.54) is 11.1 Å². The largest absolute Gasteiger partial charge is 0.487 e. The number of nitrogens with zero attached hydrogens (tertiary/aromatic N) is 4. The number of benzene rings is 3. The van der Waals surface area contributed by atoms with Crippen LogP contribution in [0.2, 0.25) is 0 Å². The lowest BCUT2D eigenvalue weighted by molar-refractivity contribution is 0.302. The van der Waals surface area contributed by atoms with Gasteiger partial charge < -0.3 is 4.74 Å². The smallest absolute Gasteiger partial charge is 0.174 e. The molecule has 0 saturated heterocycles. The maximum absolute atomic E-state index is 5.93. The lowest BCUT2D eigenvalue weighted by atomic mass is 10.0. The maximum atomic E-state index is 5.93. The van der Waals surface area contributed by atoms with E-state index in [-0.39, 0.29) is 0 Å². The molecule has 5 aromatic rings. The van der Waals surface area contributed by atoms with Crippen molar-refractivity contribution < 1.29 is 4.74 Å². The number of ether oxygens (including phenoxy) is 1. The predicted octanol–water partition coefficient (Wildman–Crippen LogP) is 6.06. The minimum absolute atomic E-state index is 0.448.